The predicted octanol–water partition coefficient (Wildman–Crippen LogP) is 6.46. The van der Waals surface area contributed by atoms with Gasteiger partial charge in [-0.2, -0.15) is 0 Å². The normalized spacial score (nSPS) is 12.3. The number of unbranched alkanes of at least 4 members (excludes halogenated alkanes) is 1. The van der Waals surface area contributed by atoms with E-state index in [4.69, 9.17) is 9.05 Å². The largest absolute Gasteiger partial charge is 0.340 e. The van der Waals surface area contributed by atoms with Gasteiger partial charge in [0.15, 0.2) is 0 Å². The Morgan fingerprint density at radius 2 is 1.37 bits per heavy atom. The molecule has 0 bridgehead atoms. The van der Waals surface area contributed by atoms with Gasteiger partial charge in [0.05, 0.1) is 19.4 Å². The second-order valence-electron chi connectivity index (χ2n) is 7.07. The Morgan fingerprint density at radius 1 is 0.852 bits per heavy atom. The van der Waals surface area contributed by atoms with E-state index in [2.05, 4.69) is 54.8 Å². The Bertz CT molecular complexity index is 907. The van der Waals surface area contributed by atoms with E-state index in [-0.39, 0.29) is 0 Å². The molecule has 0 aliphatic carbocycles. The van der Waals surface area contributed by atoms with Crippen molar-refractivity contribution in [2.75, 3.05) is 19.4 Å². The summed E-state index contributed by atoms with van der Waals surface area (Å²) in [7, 11) is -2.94. The molecule has 0 saturated carbocycles. The third-order valence-corrected chi connectivity index (χ3v) is 7.06. The summed E-state index contributed by atoms with van der Waals surface area (Å²) in [6.45, 7) is 9.71. The zero-order valence-electron chi connectivity index (χ0n) is 16.8. The highest BCUT2D eigenvalue weighted by Crippen LogP contribution is 2.48. The maximum atomic E-state index is 12.6. The maximum absolute atomic E-state index is 12.6. The first-order valence-corrected chi connectivity index (χ1v) is 11.6. The van der Waals surface area contributed by atoms with Gasteiger partial charge in [0, 0.05) is 28.4 Å². The van der Waals surface area contributed by atoms with E-state index in [1.165, 1.54) is 32.9 Å². The molecule has 3 aromatic rings. The Labute approximate surface area is 162 Å². The fourth-order valence-electron chi connectivity index (χ4n) is 3.71. The predicted molar refractivity (Wildman–Crippen MR) is 114 cm³/mol. The summed E-state index contributed by atoms with van der Waals surface area (Å²) < 4.78 is 25.8. The van der Waals surface area contributed by atoms with Crippen LogP contribution in [0.4, 0.5) is 0 Å². The van der Waals surface area contributed by atoms with Crippen LogP contribution in [0.5, 0.6) is 0 Å². The number of hydrogen-bond acceptors (Lipinski definition) is 3. The molecule has 3 rings (SSSR count). The third kappa shape index (κ3) is 4.45. The molecule has 0 unspecified atom stereocenters. The quantitative estimate of drug-likeness (QED) is 0.313. The van der Waals surface area contributed by atoms with E-state index in [1.54, 1.807) is 0 Å². The molecule has 0 amide bonds. The summed E-state index contributed by atoms with van der Waals surface area (Å²) in [5.41, 5.74) is 5.08. The second kappa shape index (κ2) is 8.60. The van der Waals surface area contributed by atoms with Crippen molar-refractivity contribution in [3.05, 3.63) is 47.5 Å². The minimum absolute atomic E-state index is 0.419. The summed E-state index contributed by atoms with van der Waals surface area (Å²) in [4.78, 5) is 0. The Hall–Kier alpha value is -1.61. The fraction of sp³-hybridized carbons (Fsp3) is 0.455. The van der Waals surface area contributed by atoms with Crippen LogP contribution in [-0.4, -0.2) is 23.9 Å². The molecule has 0 fully saturated rings. The van der Waals surface area contributed by atoms with Crippen LogP contribution in [0.25, 0.3) is 21.8 Å². The number of fused-ring (bicyclic) bond motifs is 3. The first-order valence-electron chi connectivity index (χ1n) is 9.85. The molecule has 27 heavy (non-hydrogen) atoms. The van der Waals surface area contributed by atoms with Crippen LogP contribution in [-0.2, 0) is 20.2 Å². The van der Waals surface area contributed by atoms with Gasteiger partial charge in [0.1, 0.15) is 0 Å². The highest BCUT2D eigenvalue weighted by molar-refractivity contribution is 7.53. The zero-order chi connectivity index (χ0) is 19.4. The second-order valence-corrected chi connectivity index (χ2v) is 9.26. The minimum atomic E-state index is -2.94. The summed E-state index contributed by atoms with van der Waals surface area (Å²) >= 11 is 0. The summed E-state index contributed by atoms with van der Waals surface area (Å²) in [5, 5.41) is 2.62. The molecule has 0 atom stereocenters. The molecule has 0 saturated heterocycles. The van der Waals surface area contributed by atoms with Gasteiger partial charge in [-0.15, -0.1) is 0 Å². The number of nitrogens with zero attached hydrogens (tertiary/aromatic N) is 1. The van der Waals surface area contributed by atoms with E-state index in [0.29, 0.717) is 19.4 Å². The number of aryl methyl sites for hydroxylation is 3. The van der Waals surface area contributed by atoms with E-state index >= 15 is 0 Å². The SMILES string of the molecule is CCOP(=O)(CCCCn1c2ccc(C)cc2c2cc(C)ccc21)OCC. The van der Waals surface area contributed by atoms with Crippen LogP contribution < -0.4 is 0 Å². The van der Waals surface area contributed by atoms with Crippen LogP contribution in [0.2, 0.25) is 0 Å². The van der Waals surface area contributed by atoms with Crippen molar-refractivity contribution in [3.63, 3.8) is 0 Å². The Balaban J connectivity index is 1.81. The fourth-order valence-corrected chi connectivity index (χ4v) is 5.44. The molecule has 0 N–H and O–H groups in total. The number of aromatic nitrogens is 1. The smallest absolute Gasteiger partial charge is 0.330 e. The molecule has 4 nitrogen and oxygen atoms in total. The van der Waals surface area contributed by atoms with Crippen LogP contribution in [0.1, 0.15) is 37.8 Å². The van der Waals surface area contributed by atoms with Gasteiger partial charge in [-0.1, -0.05) is 23.3 Å². The van der Waals surface area contributed by atoms with Gasteiger partial charge in [0.25, 0.3) is 0 Å². The average Bonchev–Trinajstić information content (AvgIpc) is 2.92. The topological polar surface area (TPSA) is 40.5 Å². The highest BCUT2D eigenvalue weighted by Gasteiger charge is 2.22. The lowest BCUT2D eigenvalue weighted by Gasteiger charge is -2.17. The molecule has 0 aliphatic rings. The van der Waals surface area contributed by atoms with Gasteiger partial charge >= 0.3 is 7.60 Å². The first kappa shape index (κ1) is 20.1. The van der Waals surface area contributed by atoms with Gasteiger partial charge in [-0.05, 0) is 64.8 Å². The van der Waals surface area contributed by atoms with Crippen LogP contribution >= 0.6 is 7.60 Å². The van der Waals surface area contributed by atoms with Crippen LogP contribution in [0, 0.1) is 13.8 Å². The molecule has 0 radical (unpaired) electrons. The molecule has 1 heterocycles. The van der Waals surface area contributed by atoms with E-state index in [0.717, 1.165) is 19.4 Å². The molecule has 0 aliphatic heterocycles. The van der Waals surface area contributed by atoms with Crippen molar-refractivity contribution < 1.29 is 13.6 Å². The van der Waals surface area contributed by atoms with Crippen molar-refractivity contribution in [1.29, 1.82) is 0 Å². The zero-order valence-corrected chi connectivity index (χ0v) is 17.7. The van der Waals surface area contributed by atoms with Crippen molar-refractivity contribution in [3.8, 4) is 0 Å². The van der Waals surface area contributed by atoms with Crippen molar-refractivity contribution >= 4 is 29.4 Å². The number of hydrogen-bond donors (Lipinski definition) is 0. The molecule has 146 valence electrons. The Kier molecular flexibility index (Phi) is 6.41. The Morgan fingerprint density at radius 3 is 1.85 bits per heavy atom. The number of rotatable bonds is 9. The monoisotopic (exact) mass is 387 g/mol. The molecule has 0 spiro atoms. The minimum Gasteiger partial charge on any atom is -0.340 e. The van der Waals surface area contributed by atoms with E-state index < -0.39 is 7.60 Å². The summed E-state index contributed by atoms with van der Waals surface area (Å²) in [6, 6.07) is 13.3. The summed E-state index contributed by atoms with van der Waals surface area (Å²) in [6.07, 6.45) is 2.23. The lowest BCUT2D eigenvalue weighted by molar-refractivity contribution is 0.219. The molecular weight excluding hydrogens is 357 g/mol. The first-order chi connectivity index (χ1) is 13.0. The van der Waals surface area contributed by atoms with Crippen molar-refractivity contribution in [2.45, 2.75) is 47.1 Å². The summed E-state index contributed by atoms with van der Waals surface area (Å²) in [5.74, 6) is 0. The molecule has 2 aromatic carbocycles. The maximum Gasteiger partial charge on any atom is 0.330 e. The van der Waals surface area contributed by atoms with Crippen LogP contribution in [0.3, 0.4) is 0 Å². The highest BCUT2D eigenvalue weighted by atomic mass is 31.2. The molecular formula is C22H30NO3P. The van der Waals surface area contributed by atoms with Crippen molar-refractivity contribution in [1.82, 2.24) is 4.57 Å². The lowest BCUT2D eigenvalue weighted by atomic mass is 10.1. The van der Waals surface area contributed by atoms with E-state index in [1.807, 2.05) is 13.8 Å². The molecule has 5 heteroatoms. The van der Waals surface area contributed by atoms with Gasteiger partial charge in [-0.25, -0.2) is 0 Å². The van der Waals surface area contributed by atoms with Crippen LogP contribution in [0.15, 0.2) is 36.4 Å². The van der Waals surface area contributed by atoms with Gasteiger partial charge < -0.3 is 13.6 Å². The van der Waals surface area contributed by atoms with Gasteiger partial charge in [-0.3, -0.25) is 4.57 Å². The number of benzene rings is 2. The third-order valence-electron chi connectivity index (χ3n) is 4.89. The standard InChI is InChI=1S/C22H30NO3P/c1-5-25-27(24,26-6-2)14-8-7-13-23-21-11-9-17(3)15-19(21)20-16-18(4)10-12-22(20)23/h9-12,15-16H,5-8,13-14H2,1-4H3. The average molecular weight is 387 g/mol. The van der Waals surface area contributed by atoms with Crippen molar-refractivity contribution in [2.24, 2.45) is 0 Å². The van der Waals surface area contributed by atoms with E-state index in [9.17, 15) is 4.57 Å². The lowest BCUT2D eigenvalue weighted by Crippen LogP contribution is -2.03. The molecule has 1 aromatic heterocycles. The van der Waals surface area contributed by atoms with Gasteiger partial charge in [0.2, 0.25) is 0 Å².